The van der Waals surface area contributed by atoms with Gasteiger partial charge in [-0.2, -0.15) is 5.10 Å². The molecule has 0 radical (unpaired) electrons. The summed E-state index contributed by atoms with van der Waals surface area (Å²) in [6, 6.07) is 17.9. The molecule has 5 heteroatoms. The number of fused-ring (bicyclic) bond motifs is 1. The lowest BCUT2D eigenvalue weighted by Crippen LogP contribution is -2.14. The Bertz CT molecular complexity index is 981. The SMILES string of the molecule is OCC(Nc1cncc(-c2ccc3[nH]ncc3c2)c1)c1ccccc1. The molecule has 0 amide bonds. The molecule has 4 aromatic rings. The highest BCUT2D eigenvalue weighted by Gasteiger charge is 2.10. The summed E-state index contributed by atoms with van der Waals surface area (Å²) in [6.45, 7) is 0.00915. The monoisotopic (exact) mass is 330 g/mol. The predicted octanol–water partition coefficient (Wildman–Crippen LogP) is 3.77. The molecule has 0 saturated carbocycles. The normalized spacial score (nSPS) is 12.2. The summed E-state index contributed by atoms with van der Waals surface area (Å²) in [4.78, 5) is 4.34. The van der Waals surface area contributed by atoms with E-state index < -0.39 is 0 Å². The maximum atomic E-state index is 9.73. The molecule has 2 aromatic heterocycles. The van der Waals surface area contributed by atoms with Gasteiger partial charge in [0, 0.05) is 23.3 Å². The van der Waals surface area contributed by atoms with Crippen molar-refractivity contribution in [1.82, 2.24) is 15.2 Å². The zero-order chi connectivity index (χ0) is 17.1. The number of H-pyrrole nitrogens is 1. The van der Waals surface area contributed by atoms with Crippen LogP contribution in [0.4, 0.5) is 5.69 Å². The molecule has 0 aliphatic rings. The third-order valence-electron chi connectivity index (χ3n) is 4.24. The van der Waals surface area contributed by atoms with Crippen LogP contribution >= 0.6 is 0 Å². The Hall–Kier alpha value is -3.18. The molecule has 2 aromatic carbocycles. The van der Waals surface area contributed by atoms with Crippen LogP contribution in [0, 0.1) is 0 Å². The van der Waals surface area contributed by atoms with E-state index in [9.17, 15) is 5.11 Å². The maximum Gasteiger partial charge on any atom is 0.0745 e. The van der Waals surface area contributed by atoms with Crippen LogP contribution in [0.3, 0.4) is 0 Å². The van der Waals surface area contributed by atoms with Gasteiger partial charge in [-0.3, -0.25) is 10.1 Å². The molecule has 3 N–H and O–H groups in total. The number of aliphatic hydroxyl groups excluding tert-OH is 1. The minimum Gasteiger partial charge on any atom is -0.394 e. The highest BCUT2D eigenvalue weighted by Crippen LogP contribution is 2.26. The van der Waals surface area contributed by atoms with E-state index >= 15 is 0 Å². The van der Waals surface area contributed by atoms with Crippen molar-refractivity contribution in [2.75, 3.05) is 11.9 Å². The van der Waals surface area contributed by atoms with E-state index in [-0.39, 0.29) is 12.6 Å². The van der Waals surface area contributed by atoms with E-state index in [4.69, 9.17) is 0 Å². The number of aromatic nitrogens is 3. The largest absolute Gasteiger partial charge is 0.394 e. The Morgan fingerprint density at radius 3 is 2.68 bits per heavy atom. The lowest BCUT2D eigenvalue weighted by Gasteiger charge is -2.18. The lowest BCUT2D eigenvalue weighted by atomic mass is 10.0. The average molecular weight is 330 g/mol. The third-order valence-corrected chi connectivity index (χ3v) is 4.24. The van der Waals surface area contributed by atoms with E-state index in [1.54, 1.807) is 6.20 Å². The van der Waals surface area contributed by atoms with Crippen LogP contribution in [-0.4, -0.2) is 26.9 Å². The first-order chi connectivity index (χ1) is 12.3. The van der Waals surface area contributed by atoms with Gasteiger partial charge in [0.2, 0.25) is 0 Å². The number of hydrogen-bond donors (Lipinski definition) is 3. The number of benzene rings is 2. The lowest BCUT2D eigenvalue weighted by molar-refractivity contribution is 0.276. The molecule has 0 fully saturated rings. The quantitative estimate of drug-likeness (QED) is 0.521. The van der Waals surface area contributed by atoms with Crippen LogP contribution in [-0.2, 0) is 0 Å². The Morgan fingerprint density at radius 1 is 0.960 bits per heavy atom. The molecule has 25 heavy (non-hydrogen) atoms. The van der Waals surface area contributed by atoms with E-state index in [1.165, 1.54) is 0 Å². The van der Waals surface area contributed by atoms with Gasteiger partial charge in [0.15, 0.2) is 0 Å². The Labute approximate surface area is 145 Å². The van der Waals surface area contributed by atoms with Gasteiger partial charge in [0.1, 0.15) is 0 Å². The van der Waals surface area contributed by atoms with Crippen LogP contribution in [0.25, 0.3) is 22.0 Å². The number of rotatable bonds is 5. The van der Waals surface area contributed by atoms with Crippen LogP contribution in [0.15, 0.2) is 73.2 Å². The van der Waals surface area contributed by atoms with Crippen molar-refractivity contribution < 1.29 is 5.11 Å². The zero-order valence-corrected chi connectivity index (χ0v) is 13.6. The molecule has 0 spiro atoms. The van der Waals surface area contributed by atoms with E-state index in [2.05, 4.69) is 26.6 Å². The van der Waals surface area contributed by atoms with Crippen molar-refractivity contribution in [1.29, 1.82) is 0 Å². The summed E-state index contributed by atoms with van der Waals surface area (Å²) >= 11 is 0. The summed E-state index contributed by atoms with van der Waals surface area (Å²) in [5.74, 6) is 0. The first-order valence-corrected chi connectivity index (χ1v) is 8.14. The van der Waals surface area contributed by atoms with Gasteiger partial charge in [-0.25, -0.2) is 0 Å². The van der Waals surface area contributed by atoms with Gasteiger partial charge in [-0.05, 0) is 29.3 Å². The minimum atomic E-state index is -0.172. The number of aromatic amines is 1. The van der Waals surface area contributed by atoms with Gasteiger partial charge in [-0.15, -0.1) is 0 Å². The molecule has 4 rings (SSSR count). The van der Waals surface area contributed by atoms with Crippen molar-refractivity contribution in [3.63, 3.8) is 0 Å². The predicted molar refractivity (Wildman–Crippen MR) is 99.2 cm³/mol. The first-order valence-electron chi connectivity index (χ1n) is 8.14. The van der Waals surface area contributed by atoms with Gasteiger partial charge in [0.25, 0.3) is 0 Å². The molecular formula is C20H18N4O. The minimum absolute atomic E-state index is 0.00915. The van der Waals surface area contributed by atoms with E-state index in [1.807, 2.05) is 60.9 Å². The van der Waals surface area contributed by atoms with Crippen LogP contribution in [0.1, 0.15) is 11.6 Å². The van der Waals surface area contributed by atoms with Gasteiger partial charge < -0.3 is 10.4 Å². The molecule has 0 aliphatic heterocycles. The Kier molecular flexibility index (Phi) is 4.14. The van der Waals surface area contributed by atoms with Crippen molar-refractivity contribution in [2.24, 2.45) is 0 Å². The number of pyridine rings is 1. The molecule has 1 atom stereocenters. The number of aliphatic hydroxyl groups is 1. The first kappa shape index (κ1) is 15.4. The summed E-state index contributed by atoms with van der Waals surface area (Å²) in [6.07, 6.45) is 5.42. The van der Waals surface area contributed by atoms with Crippen molar-refractivity contribution in [3.05, 3.63) is 78.8 Å². The number of anilines is 1. The number of nitrogens with zero attached hydrogens (tertiary/aromatic N) is 2. The molecule has 1 unspecified atom stereocenters. The van der Waals surface area contributed by atoms with Crippen molar-refractivity contribution >= 4 is 16.6 Å². The summed E-state index contributed by atoms with van der Waals surface area (Å²) < 4.78 is 0. The molecule has 0 bridgehead atoms. The Balaban J connectivity index is 1.62. The smallest absolute Gasteiger partial charge is 0.0745 e. The van der Waals surface area contributed by atoms with Gasteiger partial charge in [-0.1, -0.05) is 36.4 Å². The summed E-state index contributed by atoms with van der Waals surface area (Å²) in [5.41, 5.74) is 5.00. The van der Waals surface area contributed by atoms with Gasteiger partial charge in [0.05, 0.1) is 30.0 Å². The molecule has 124 valence electrons. The number of hydrogen-bond acceptors (Lipinski definition) is 4. The van der Waals surface area contributed by atoms with Gasteiger partial charge >= 0.3 is 0 Å². The molecule has 0 saturated heterocycles. The fourth-order valence-electron chi connectivity index (χ4n) is 2.92. The molecule has 0 aliphatic carbocycles. The molecule has 5 nitrogen and oxygen atoms in total. The van der Waals surface area contributed by atoms with E-state index in [0.717, 1.165) is 33.3 Å². The van der Waals surface area contributed by atoms with Crippen molar-refractivity contribution in [2.45, 2.75) is 6.04 Å². The van der Waals surface area contributed by atoms with Crippen LogP contribution in [0.2, 0.25) is 0 Å². The topological polar surface area (TPSA) is 73.8 Å². The second-order valence-corrected chi connectivity index (χ2v) is 5.92. The average Bonchev–Trinajstić information content (AvgIpc) is 3.15. The second-order valence-electron chi connectivity index (χ2n) is 5.92. The van der Waals surface area contributed by atoms with Crippen molar-refractivity contribution in [3.8, 4) is 11.1 Å². The standard InChI is InChI=1S/C20H18N4O/c25-13-20(14-4-2-1-3-5-14)23-18-9-16(10-21-12-18)15-6-7-19-17(8-15)11-22-24-19/h1-12,20,23,25H,13H2,(H,22,24). The zero-order valence-electron chi connectivity index (χ0n) is 13.6. The maximum absolute atomic E-state index is 9.73. The third kappa shape index (κ3) is 3.22. The summed E-state index contributed by atoms with van der Waals surface area (Å²) in [7, 11) is 0. The fraction of sp³-hybridized carbons (Fsp3) is 0.100. The summed E-state index contributed by atoms with van der Waals surface area (Å²) in [5, 5.41) is 21.2. The van der Waals surface area contributed by atoms with Crippen LogP contribution in [0.5, 0.6) is 0 Å². The highest BCUT2D eigenvalue weighted by atomic mass is 16.3. The fourth-order valence-corrected chi connectivity index (χ4v) is 2.92. The Morgan fingerprint density at radius 2 is 1.84 bits per heavy atom. The molecule has 2 heterocycles. The number of nitrogens with one attached hydrogen (secondary N) is 2. The van der Waals surface area contributed by atoms with E-state index in [0.29, 0.717) is 0 Å². The second kappa shape index (κ2) is 6.75. The molecular weight excluding hydrogens is 312 g/mol. The highest BCUT2D eigenvalue weighted by molar-refractivity contribution is 5.84. The van der Waals surface area contributed by atoms with Crippen LogP contribution < -0.4 is 5.32 Å².